The van der Waals surface area contributed by atoms with Gasteiger partial charge in [0.15, 0.2) is 5.69 Å². The maximum atomic E-state index is 12.5. The highest BCUT2D eigenvalue weighted by Crippen LogP contribution is 2.30. The van der Waals surface area contributed by atoms with E-state index in [-0.39, 0.29) is 22.0 Å². The third-order valence-corrected chi connectivity index (χ3v) is 4.39. The summed E-state index contributed by atoms with van der Waals surface area (Å²) in [5, 5.41) is 11.4. The van der Waals surface area contributed by atoms with Crippen molar-refractivity contribution in [3.8, 4) is 0 Å². The number of aromatic carboxylic acids is 1. The van der Waals surface area contributed by atoms with E-state index < -0.39 is 23.7 Å². The molecular weight excluding hydrogens is 341 g/mol. The first kappa shape index (κ1) is 16.4. The van der Waals surface area contributed by atoms with Crippen molar-refractivity contribution >= 4 is 34.6 Å². The van der Waals surface area contributed by atoms with E-state index >= 15 is 0 Å². The lowest BCUT2D eigenvalue weighted by atomic mass is 10.2. The number of carboxylic acid groups (broad SMARTS) is 1. The fraction of sp³-hybridized carbons (Fsp3) is 0.250. The average Bonchev–Trinajstić information content (AvgIpc) is 3.05. The minimum Gasteiger partial charge on any atom is -0.477 e. The highest BCUT2D eigenvalue weighted by molar-refractivity contribution is 7.12. The van der Waals surface area contributed by atoms with Crippen LogP contribution in [0.1, 0.15) is 30.7 Å². The Morgan fingerprint density at radius 1 is 1.36 bits per heavy atom. The Kier molecular flexibility index (Phi) is 4.52. The summed E-state index contributed by atoms with van der Waals surface area (Å²) >= 11 is 1.70. The van der Waals surface area contributed by atoms with E-state index in [2.05, 4.69) is 4.98 Å². The van der Waals surface area contributed by atoms with Crippen molar-refractivity contribution in [1.82, 2.24) is 9.88 Å². The molecule has 1 amide bonds. The molecule has 118 valence electrons. The van der Waals surface area contributed by atoms with Crippen LogP contribution in [-0.2, 0) is 12.7 Å². The maximum absolute atomic E-state index is 12.5. The fourth-order valence-corrected chi connectivity index (χ4v) is 3.21. The lowest BCUT2D eigenvalue weighted by Gasteiger charge is -2.15. The van der Waals surface area contributed by atoms with Gasteiger partial charge in [-0.1, -0.05) is 0 Å². The van der Waals surface area contributed by atoms with Crippen molar-refractivity contribution < 1.29 is 27.9 Å². The smallest absolute Gasteiger partial charge is 0.434 e. The van der Waals surface area contributed by atoms with Crippen molar-refractivity contribution in [3.63, 3.8) is 0 Å². The number of halogens is 3. The normalized spacial score (nSPS) is 11.5. The predicted octanol–water partition coefficient (Wildman–Crippen LogP) is 3.19. The second kappa shape index (κ2) is 6.05. The van der Waals surface area contributed by atoms with Gasteiger partial charge in [-0.3, -0.25) is 4.79 Å². The van der Waals surface area contributed by atoms with Gasteiger partial charge in [-0.25, -0.2) is 9.78 Å². The zero-order valence-electron chi connectivity index (χ0n) is 11.0. The van der Waals surface area contributed by atoms with Gasteiger partial charge in [0.1, 0.15) is 9.88 Å². The van der Waals surface area contributed by atoms with E-state index in [0.29, 0.717) is 0 Å². The number of carboxylic acids is 1. The molecule has 10 heteroatoms. The summed E-state index contributed by atoms with van der Waals surface area (Å²) in [7, 11) is 1.38. The summed E-state index contributed by atoms with van der Waals surface area (Å²) in [6, 6.07) is 1.37. The Morgan fingerprint density at radius 2 is 2.05 bits per heavy atom. The summed E-state index contributed by atoms with van der Waals surface area (Å²) in [5.74, 6) is -1.80. The average molecular weight is 350 g/mol. The van der Waals surface area contributed by atoms with Crippen LogP contribution in [0.15, 0.2) is 16.8 Å². The van der Waals surface area contributed by atoms with Gasteiger partial charge >= 0.3 is 12.1 Å². The third kappa shape index (κ3) is 3.45. The molecule has 0 aliphatic heterocycles. The van der Waals surface area contributed by atoms with Gasteiger partial charge in [-0.15, -0.1) is 22.7 Å². The molecule has 2 rings (SSSR count). The quantitative estimate of drug-likeness (QED) is 0.919. The van der Waals surface area contributed by atoms with Gasteiger partial charge in [0, 0.05) is 12.4 Å². The van der Waals surface area contributed by atoms with Crippen LogP contribution < -0.4 is 0 Å². The molecule has 0 aromatic carbocycles. The number of rotatable bonds is 4. The van der Waals surface area contributed by atoms with Gasteiger partial charge < -0.3 is 10.0 Å². The molecule has 0 saturated carbocycles. The molecule has 0 saturated heterocycles. The highest BCUT2D eigenvalue weighted by Gasteiger charge is 2.34. The molecule has 22 heavy (non-hydrogen) atoms. The number of thiophene rings is 1. The summed E-state index contributed by atoms with van der Waals surface area (Å²) < 4.78 is 37.4. The molecule has 1 N–H and O–H groups in total. The van der Waals surface area contributed by atoms with Crippen molar-refractivity contribution in [2.24, 2.45) is 0 Å². The number of hydrogen-bond donors (Lipinski definition) is 1. The monoisotopic (exact) mass is 350 g/mol. The molecule has 0 aliphatic carbocycles. The van der Waals surface area contributed by atoms with E-state index in [1.54, 1.807) is 0 Å². The van der Waals surface area contributed by atoms with Gasteiger partial charge in [-0.05, 0) is 11.4 Å². The molecule has 2 aromatic rings. The van der Waals surface area contributed by atoms with Crippen molar-refractivity contribution in [1.29, 1.82) is 0 Å². The third-order valence-electron chi connectivity index (χ3n) is 2.65. The van der Waals surface area contributed by atoms with Crippen LogP contribution in [0.5, 0.6) is 0 Å². The van der Waals surface area contributed by atoms with Crippen LogP contribution in [0.4, 0.5) is 13.2 Å². The minimum atomic E-state index is -4.53. The summed E-state index contributed by atoms with van der Waals surface area (Å²) in [6.45, 7) is -0.130. The Balaban J connectivity index is 2.13. The highest BCUT2D eigenvalue weighted by atomic mass is 32.1. The Morgan fingerprint density at radius 3 is 2.59 bits per heavy atom. The van der Waals surface area contributed by atoms with Crippen molar-refractivity contribution in [2.75, 3.05) is 7.05 Å². The zero-order chi connectivity index (χ0) is 16.5. The number of amides is 1. The molecule has 0 unspecified atom stereocenters. The number of alkyl halides is 3. The molecule has 0 aliphatic rings. The van der Waals surface area contributed by atoms with Crippen LogP contribution >= 0.6 is 22.7 Å². The van der Waals surface area contributed by atoms with Gasteiger partial charge in [-0.2, -0.15) is 13.2 Å². The number of aromatic nitrogens is 1. The van der Waals surface area contributed by atoms with Crippen LogP contribution in [-0.4, -0.2) is 33.9 Å². The number of hydrogen-bond acceptors (Lipinski definition) is 5. The summed E-state index contributed by atoms with van der Waals surface area (Å²) in [5.41, 5.74) is -0.997. The molecule has 2 aromatic heterocycles. The van der Waals surface area contributed by atoms with E-state index in [1.165, 1.54) is 18.5 Å². The second-order valence-electron chi connectivity index (χ2n) is 4.25. The SMILES string of the molecule is CN(Cc1nc(C(F)(F)F)cs1)C(=O)c1ccsc1C(=O)O. The molecule has 0 spiro atoms. The predicted molar refractivity (Wildman–Crippen MR) is 74.2 cm³/mol. The number of carbonyl (C=O) groups excluding carboxylic acids is 1. The fourth-order valence-electron chi connectivity index (χ4n) is 1.64. The second-order valence-corrected chi connectivity index (χ2v) is 6.11. The van der Waals surface area contributed by atoms with Gasteiger partial charge in [0.05, 0.1) is 12.1 Å². The first-order chi connectivity index (χ1) is 10.2. The van der Waals surface area contributed by atoms with Crippen LogP contribution in [0.2, 0.25) is 0 Å². The number of carbonyl (C=O) groups is 2. The van der Waals surface area contributed by atoms with Gasteiger partial charge in [0.25, 0.3) is 5.91 Å². The first-order valence-corrected chi connectivity index (χ1v) is 7.54. The molecular formula is C12H9F3N2O3S2. The summed E-state index contributed by atoms with van der Waals surface area (Å²) in [6.07, 6.45) is -4.53. The Labute approximate surface area is 130 Å². The first-order valence-electron chi connectivity index (χ1n) is 5.78. The lowest BCUT2D eigenvalue weighted by Crippen LogP contribution is -2.27. The van der Waals surface area contributed by atoms with Crippen molar-refractivity contribution in [2.45, 2.75) is 12.7 Å². The number of nitrogens with zero attached hydrogens (tertiary/aromatic N) is 2. The standard InChI is InChI=1S/C12H9F3N2O3S2/c1-17(4-8-16-7(5-22-8)12(13,14)15)10(18)6-2-3-21-9(6)11(19)20/h2-3,5H,4H2,1H3,(H,19,20). The van der Waals surface area contributed by atoms with E-state index in [0.717, 1.165) is 33.0 Å². The molecule has 0 radical (unpaired) electrons. The topological polar surface area (TPSA) is 70.5 Å². The van der Waals surface area contributed by atoms with Gasteiger partial charge in [0.2, 0.25) is 0 Å². The summed E-state index contributed by atoms with van der Waals surface area (Å²) in [4.78, 5) is 27.6. The van der Waals surface area contributed by atoms with E-state index in [9.17, 15) is 22.8 Å². The molecule has 0 atom stereocenters. The Hall–Kier alpha value is -1.94. The van der Waals surface area contributed by atoms with Crippen LogP contribution in [0.25, 0.3) is 0 Å². The molecule has 0 fully saturated rings. The van der Waals surface area contributed by atoms with E-state index in [4.69, 9.17) is 5.11 Å². The largest absolute Gasteiger partial charge is 0.477 e. The Bertz CT molecular complexity index is 709. The van der Waals surface area contributed by atoms with E-state index in [1.807, 2.05) is 0 Å². The van der Waals surface area contributed by atoms with Crippen molar-refractivity contribution in [3.05, 3.63) is 38.0 Å². The minimum absolute atomic E-state index is 0.00704. The lowest BCUT2D eigenvalue weighted by molar-refractivity contribution is -0.140. The molecule has 2 heterocycles. The van der Waals surface area contributed by atoms with Crippen LogP contribution in [0, 0.1) is 0 Å². The number of thiazole rings is 1. The molecule has 0 bridgehead atoms. The zero-order valence-corrected chi connectivity index (χ0v) is 12.7. The maximum Gasteiger partial charge on any atom is 0.434 e. The molecule has 5 nitrogen and oxygen atoms in total. The van der Waals surface area contributed by atoms with Crippen LogP contribution in [0.3, 0.4) is 0 Å².